The van der Waals surface area contributed by atoms with E-state index in [0.29, 0.717) is 29.7 Å². The SMILES string of the molecule is Cc1cccc(O[C@H](C)C(=O)NCCOc2ccccc2Cl)c1. The van der Waals surface area contributed by atoms with Crippen molar-refractivity contribution in [3.8, 4) is 11.5 Å². The van der Waals surface area contributed by atoms with E-state index in [0.717, 1.165) is 5.56 Å². The second-order valence-corrected chi connectivity index (χ2v) is 5.55. The highest BCUT2D eigenvalue weighted by atomic mass is 35.5. The summed E-state index contributed by atoms with van der Waals surface area (Å²) in [6, 6.07) is 14.8. The zero-order chi connectivity index (χ0) is 16.7. The molecular formula is C18H20ClNO3. The van der Waals surface area contributed by atoms with Crippen molar-refractivity contribution in [2.75, 3.05) is 13.2 Å². The molecule has 0 fully saturated rings. The molecule has 4 nitrogen and oxygen atoms in total. The van der Waals surface area contributed by atoms with Crippen molar-refractivity contribution < 1.29 is 14.3 Å². The van der Waals surface area contributed by atoms with Crippen LogP contribution in [-0.2, 0) is 4.79 Å². The Morgan fingerprint density at radius 2 is 2.00 bits per heavy atom. The van der Waals surface area contributed by atoms with Crippen molar-refractivity contribution >= 4 is 17.5 Å². The second-order valence-electron chi connectivity index (χ2n) is 5.15. The molecule has 0 radical (unpaired) electrons. The number of nitrogens with one attached hydrogen (secondary N) is 1. The Morgan fingerprint density at radius 1 is 1.22 bits per heavy atom. The van der Waals surface area contributed by atoms with Crippen LogP contribution in [-0.4, -0.2) is 25.2 Å². The topological polar surface area (TPSA) is 47.6 Å². The van der Waals surface area contributed by atoms with Crippen molar-refractivity contribution in [2.45, 2.75) is 20.0 Å². The molecule has 2 aromatic rings. The number of para-hydroxylation sites is 1. The van der Waals surface area contributed by atoms with Crippen LogP contribution in [0.15, 0.2) is 48.5 Å². The first kappa shape index (κ1) is 17.2. The average molecular weight is 334 g/mol. The molecule has 0 aliphatic heterocycles. The molecule has 0 aliphatic rings. The largest absolute Gasteiger partial charge is 0.490 e. The maximum absolute atomic E-state index is 12.0. The molecule has 1 N–H and O–H groups in total. The molecular weight excluding hydrogens is 314 g/mol. The van der Waals surface area contributed by atoms with Crippen molar-refractivity contribution in [1.82, 2.24) is 5.32 Å². The predicted molar refractivity (Wildman–Crippen MR) is 91.2 cm³/mol. The lowest BCUT2D eigenvalue weighted by Crippen LogP contribution is -2.38. The van der Waals surface area contributed by atoms with Gasteiger partial charge in [0, 0.05) is 0 Å². The molecule has 122 valence electrons. The Morgan fingerprint density at radius 3 is 2.74 bits per heavy atom. The Balaban J connectivity index is 1.73. The lowest BCUT2D eigenvalue weighted by molar-refractivity contribution is -0.127. The molecule has 23 heavy (non-hydrogen) atoms. The summed E-state index contributed by atoms with van der Waals surface area (Å²) in [5.74, 6) is 1.10. The fraction of sp³-hybridized carbons (Fsp3) is 0.278. The van der Waals surface area contributed by atoms with Crippen LogP contribution in [0.25, 0.3) is 0 Å². The van der Waals surface area contributed by atoms with Crippen LogP contribution < -0.4 is 14.8 Å². The van der Waals surface area contributed by atoms with Gasteiger partial charge in [-0.25, -0.2) is 0 Å². The molecule has 0 aliphatic carbocycles. The standard InChI is InChI=1S/C18H20ClNO3/c1-13-6-5-7-15(12-13)23-14(2)18(21)20-10-11-22-17-9-4-3-8-16(17)19/h3-9,12,14H,10-11H2,1-2H3,(H,20,21)/t14-/m1/s1. The molecule has 0 heterocycles. The number of benzene rings is 2. The van der Waals surface area contributed by atoms with Crippen molar-refractivity contribution in [1.29, 1.82) is 0 Å². The summed E-state index contributed by atoms with van der Waals surface area (Å²) < 4.78 is 11.1. The predicted octanol–water partition coefficient (Wildman–Crippen LogP) is 3.61. The number of hydrogen-bond donors (Lipinski definition) is 1. The average Bonchev–Trinajstić information content (AvgIpc) is 2.53. The first-order chi connectivity index (χ1) is 11.1. The van der Waals surface area contributed by atoms with E-state index >= 15 is 0 Å². The van der Waals surface area contributed by atoms with Crippen LogP contribution in [0.2, 0.25) is 5.02 Å². The molecule has 0 bridgehead atoms. The fourth-order valence-corrected chi connectivity index (χ4v) is 2.18. The van der Waals surface area contributed by atoms with Gasteiger partial charge < -0.3 is 14.8 Å². The first-order valence-electron chi connectivity index (χ1n) is 7.44. The molecule has 0 saturated carbocycles. The zero-order valence-electron chi connectivity index (χ0n) is 13.2. The van der Waals surface area contributed by atoms with Gasteiger partial charge in [0.25, 0.3) is 5.91 Å². The molecule has 1 atom stereocenters. The Hall–Kier alpha value is -2.20. The minimum Gasteiger partial charge on any atom is -0.490 e. The van der Waals surface area contributed by atoms with E-state index < -0.39 is 6.10 Å². The second kappa shape index (κ2) is 8.44. The summed E-state index contributed by atoms with van der Waals surface area (Å²) in [6.45, 7) is 4.41. The summed E-state index contributed by atoms with van der Waals surface area (Å²) in [7, 11) is 0. The molecule has 5 heteroatoms. The number of rotatable bonds is 7. The van der Waals surface area contributed by atoms with E-state index in [9.17, 15) is 4.79 Å². The van der Waals surface area contributed by atoms with Gasteiger partial charge >= 0.3 is 0 Å². The van der Waals surface area contributed by atoms with Gasteiger partial charge in [-0.05, 0) is 43.7 Å². The van der Waals surface area contributed by atoms with Gasteiger partial charge in [-0.1, -0.05) is 35.9 Å². The van der Waals surface area contributed by atoms with Gasteiger partial charge in [0.1, 0.15) is 18.1 Å². The van der Waals surface area contributed by atoms with Gasteiger partial charge in [-0.15, -0.1) is 0 Å². The van der Waals surface area contributed by atoms with Gasteiger partial charge in [-0.2, -0.15) is 0 Å². The van der Waals surface area contributed by atoms with Crippen LogP contribution in [0.4, 0.5) is 0 Å². The Labute approximate surface area is 141 Å². The number of carbonyl (C=O) groups excluding carboxylic acids is 1. The Bertz CT molecular complexity index is 660. The Kier molecular flexibility index (Phi) is 6.29. The number of hydrogen-bond acceptors (Lipinski definition) is 3. The van der Waals surface area contributed by atoms with Crippen LogP contribution in [0, 0.1) is 6.92 Å². The van der Waals surface area contributed by atoms with Crippen molar-refractivity contribution in [3.05, 3.63) is 59.1 Å². The quantitative estimate of drug-likeness (QED) is 0.787. The zero-order valence-corrected chi connectivity index (χ0v) is 14.0. The number of ether oxygens (including phenoxy) is 2. The van der Waals surface area contributed by atoms with Crippen LogP contribution >= 0.6 is 11.6 Å². The summed E-state index contributed by atoms with van der Waals surface area (Å²) in [6.07, 6.45) is -0.572. The van der Waals surface area contributed by atoms with Gasteiger partial charge in [0.05, 0.1) is 11.6 Å². The normalized spacial score (nSPS) is 11.6. The minimum atomic E-state index is -0.572. The lowest BCUT2D eigenvalue weighted by Gasteiger charge is -2.15. The summed E-state index contributed by atoms with van der Waals surface area (Å²) in [4.78, 5) is 12.0. The van der Waals surface area contributed by atoms with Crippen LogP contribution in [0.5, 0.6) is 11.5 Å². The smallest absolute Gasteiger partial charge is 0.260 e. The highest BCUT2D eigenvalue weighted by molar-refractivity contribution is 6.32. The van der Waals surface area contributed by atoms with Crippen LogP contribution in [0.3, 0.4) is 0 Å². The molecule has 1 amide bonds. The minimum absolute atomic E-state index is 0.186. The van der Waals surface area contributed by atoms with Crippen molar-refractivity contribution in [3.63, 3.8) is 0 Å². The maximum atomic E-state index is 12.0. The molecule has 0 unspecified atom stereocenters. The number of aryl methyl sites for hydroxylation is 1. The summed E-state index contributed by atoms with van der Waals surface area (Å²) in [5.41, 5.74) is 1.09. The van der Waals surface area contributed by atoms with Crippen LogP contribution in [0.1, 0.15) is 12.5 Å². The van der Waals surface area contributed by atoms with Crippen molar-refractivity contribution in [2.24, 2.45) is 0 Å². The fourth-order valence-electron chi connectivity index (χ4n) is 1.99. The molecule has 0 aromatic heterocycles. The number of amides is 1. The van der Waals surface area contributed by atoms with E-state index in [2.05, 4.69) is 5.32 Å². The third-order valence-corrected chi connectivity index (χ3v) is 3.48. The summed E-state index contributed by atoms with van der Waals surface area (Å²) >= 11 is 5.99. The highest BCUT2D eigenvalue weighted by Crippen LogP contribution is 2.22. The number of carbonyl (C=O) groups is 1. The maximum Gasteiger partial charge on any atom is 0.260 e. The molecule has 0 saturated heterocycles. The van der Waals surface area contributed by atoms with Gasteiger partial charge in [0.15, 0.2) is 6.10 Å². The molecule has 2 rings (SSSR count). The first-order valence-corrected chi connectivity index (χ1v) is 7.82. The number of halogens is 1. The third kappa shape index (κ3) is 5.49. The highest BCUT2D eigenvalue weighted by Gasteiger charge is 2.14. The molecule has 2 aromatic carbocycles. The lowest BCUT2D eigenvalue weighted by atomic mass is 10.2. The summed E-state index contributed by atoms with van der Waals surface area (Å²) in [5, 5.41) is 3.33. The van der Waals surface area contributed by atoms with E-state index in [-0.39, 0.29) is 5.91 Å². The van der Waals surface area contributed by atoms with E-state index in [1.54, 1.807) is 19.1 Å². The van der Waals surface area contributed by atoms with Gasteiger partial charge in [-0.3, -0.25) is 4.79 Å². The van der Waals surface area contributed by atoms with Gasteiger partial charge in [0.2, 0.25) is 0 Å². The molecule has 0 spiro atoms. The van der Waals surface area contributed by atoms with E-state index in [1.165, 1.54) is 0 Å². The van der Waals surface area contributed by atoms with E-state index in [4.69, 9.17) is 21.1 Å². The van der Waals surface area contributed by atoms with E-state index in [1.807, 2.05) is 43.3 Å². The monoisotopic (exact) mass is 333 g/mol. The third-order valence-electron chi connectivity index (χ3n) is 3.17.